The Balaban J connectivity index is 1.53. The minimum atomic E-state index is -0.978. The molecule has 3 fully saturated rings. The highest BCUT2D eigenvalue weighted by Crippen LogP contribution is 2.38. The number of carbonyl (C=O) groups excluding carboxylic acids is 2. The lowest BCUT2D eigenvalue weighted by Gasteiger charge is -2.18. The van der Waals surface area contributed by atoms with Gasteiger partial charge >= 0.3 is 17.8 Å². The van der Waals surface area contributed by atoms with E-state index in [2.05, 4.69) is 4.98 Å². The van der Waals surface area contributed by atoms with E-state index in [4.69, 9.17) is 24.2 Å². The number of nitrogens with one attached hydrogen (secondary N) is 1. The average molecular weight is 353 g/mol. The molecule has 1 saturated carbocycles. The Bertz CT molecular complexity index is 761. The van der Waals surface area contributed by atoms with Gasteiger partial charge in [0.05, 0.1) is 5.92 Å². The third kappa shape index (κ3) is 2.91. The standard InChI is InChI=1S/C14H15N3O8/c18-12(6-1-2-6)22-5-7-9-10(25-14(20)24-9)11(23-7)17-4-3-8(16-21)15-13(17)19/h3-4,6-7,9-11,21H,1-2,5H2,(H,15,16,19)/t7?,9-,10-,11-/m1/s1. The Hall–Kier alpha value is -2.66. The summed E-state index contributed by atoms with van der Waals surface area (Å²) in [6, 6.07) is 1.35. The highest BCUT2D eigenvalue weighted by atomic mass is 16.8. The van der Waals surface area contributed by atoms with E-state index in [0.29, 0.717) is 0 Å². The van der Waals surface area contributed by atoms with Crippen LogP contribution >= 0.6 is 0 Å². The van der Waals surface area contributed by atoms with Crippen LogP contribution in [0.5, 0.6) is 0 Å². The topological polar surface area (TPSA) is 138 Å². The molecule has 3 aliphatic rings. The fourth-order valence-electron chi connectivity index (χ4n) is 2.85. The van der Waals surface area contributed by atoms with Gasteiger partial charge < -0.3 is 18.9 Å². The fraction of sp³-hybridized carbons (Fsp3) is 0.571. The molecule has 1 aromatic heterocycles. The Morgan fingerprint density at radius 3 is 2.80 bits per heavy atom. The van der Waals surface area contributed by atoms with Crippen LogP contribution in [0.4, 0.5) is 10.6 Å². The van der Waals surface area contributed by atoms with Crippen molar-refractivity contribution in [1.29, 1.82) is 0 Å². The summed E-state index contributed by atoms with van der Waals surface area (Å²) in [5.41, 5.74) is 1.04. The summed E-state index contributed by atoms with van der Waals surface area (Å²) in [5.74, 6) is -0.419. The Kier molecular flexibility index (Phi) is 3.81. The molecule has 0 spiro atoms. The maximum atomic E-state index is 12.1. The van der Waals surface area contributed by atoms with E-state index in [-0.39, 0.29) is 24.3 Å². The zero-order valence-corrected chi connectivity index (χ0v) is 12.9. The van der Waals surface area contributed by atoms with Crippen LogP contribution in [0.1, 0.15) is 19.1 Å². The van der Waals surface area contributed by atoms with Gasteiger partial charge in [-0.05, 0) is 18.9 Å². The van der Waals surface area contributed by atoms with E-state index in [9.17, 15) is 14.4 Å². The maximum absolute atomic E-state index is 12.1. The molecule has 3 heterocycles. The maximum Gasteiger partial charge on any atom is 0.509 e. The molecule has 1 aromatic rings. The summed E-state index contributed by atoms with van der Waals surface area (Å²) >= 11 is 0. The summed E-state index contributed by atoms with van der Waals surface area (Å²) in [6.07, 6.45) is -1.33. The number of fused-ring (bicyclic) bond motifs is 1. The summed E-state index contributed by atoms with van der Waals surface area (Å²) < 4.78 is 22.2. The average Bonchev–Trinajstić information content (AvgIpc) is 3.31. The first-order chi connectivity index (χ1) is 12.1. The number of anilines is 1. The molecule has 2 aliphatic heterocycles. The van der Waals surface area contributed by atoms with Gasteiger partial charge in [0.2, 0.25) is 0 Å². The summed E-state index contributed by atoms with van der Waals surface area (Å²) in [5, 5.41) is 8.79. The number of nitrogens with zero attached hydrogens (tertiary/aromatic N) is 2. The second kappa shape index (κ2) is 6.01. The normalized spacial score (nSPS) is 30.4. The van der Waals surface area contributed by atoms with Crippen molar-refractivity contribution in [2.75, 3.05) is 12.1 Å². The molecular weight excluding hydrogens is 338 g/mol. The quantitative estimate of drug-likeness (QED) is 0.540. The third-order valence-electron chi connectivity index (χ3n) is 4.27. The first-order valence-electron chi connectivity index (χ1n) is 7.75. The molecule has 4 rings (SSSR count). The highest BCUT2D eigenvalue weighted by molar-refractivity contribution is 5.74. The second-order valence-electron chi connectivity index (χ2n) is 6.00. The minimum absolute atomic E-state index is 0.0367. The highest BCUT2D eigenvalue weighted by Gasteiger charge is 2.55. The molecule has 0 radical (unpaired) electrons. The first kappa shape index (κ1) is 15.8. The van der Waals surface area contributed by atoms with Crippen molar-refractivity contribution in [3.63, 3.8) is 0 Å². The van der Waals surface area contributed by atoms with Gasteiger partial charge in [-0.15, -0.1) is 0 Å². The number of aromatic nitrogens is 2. The van der Waals surface area contributed by atoms with Gasteiger partial charge in [-0.2, -0.15) is 4.98 Å². The van der Waals surface area contributed by atoms with Gasteiger partial charge in [-0.1, -0.05) is 0 Å². The number of ether oxygens (including phenoxy) is 4. The molecule has 1 aliphatic carbocycles. The molecule has 0 aromatic carbocycles. The number of esters is 1. The fourth-order valence-corrected chi connectivity index (χ4v) is 2.85. The van der Waals surface area contributed by atoms with Crippen LogP contribution in [0, 0.1) is 5.92 Å². The van der Waals surface area contributed by atoms with Crippen molar-refractivity contribution in [3.8, 4) is 0 Å². The Morgan fingerprint density at radius 1 is 1.36 bits per heavy atom. The SMILES string of the molecule is O=C1O[C@@H]2[C@H](O1)C(COC(=O)C1CC1)O[C@H]2n1ccc(NO)nc1=O. The van der Waals surface area contributed by atoms with E-state index < -0.39 is 36.4 Å². The zero-order valence-electron chi connectivity index (χ0n) is 12.9. The van der Waals surface area contributed by atoms with E-state index >= 15 is 0 Å². The predicted molar refractivity (Wildman–Crippen MR) is 76.6 cm³/mol. The van der Waals surface area contributed by atoms with Gasteiger partial charge in [0.1, 0.15) is 12.7 Å². The van der Waals surface area contributed by atoms with Crippen molar-refractivity contribution in [2.24, 2.45) is 5.92 Å². The lowest BCUT2D eigenvalue weighted by atomic mass is 10.1. The molecule has 4 atom stereocenters. The van der Waals surface area contributed by atoms with Gasteiger partial charge in [-0.3, -0.25) is 20.0 Å². The summed E-state index contributed by atoms with van der Waals surface area (Å²) in [4.78, 5) is 38.8. The van der Waals surface area contributed by atoms with Crippen LogP contribution < -0.4 is 11.2 Å². The second-order valence-corrected chi connectivity index (χ2v) is 6.00. The molecule has 0 amide bonds. The van der Waals surface area contributed by atoms with Crippen molar-refractivity contribution in [2.45, 2.75) is 37.4 Å². The molecule has 2 N–H and O–H groups in total. The lowest BCUT2D eigenvalue weighted by molar-refractivity contribution is -0.152. The minimum Gasteiger partial charge on any atom is -0.463 e. The number of hydrogen-bond acceptors (Lipinski definition) is 10. The van der Waals surface area contributed by atoms with E-state index in [1.54, 1.807) is 5.48 Å². The molecule has 11 heteroatoms. The van der Waals surface area contributed by atoms with Crippen LogP contribution in [-0.4, -0.2) is 51.8 Å². The van der Waals surface area contributed by atoms with Gasteiger partial charge in [-0.25, -0.2) is 9.59 Å². The Labute approximate surface area is 140 Å². The number of carbonyl (C=O) groups is 2. The zero-order chi connectivity index (χ0) is 17.6. The largest absolute Gasteiger partial charge is 0.509 e. The van der Waals surface area contributed by atoms with Gasteiger partial charge in [0.15, 0.2) is 24.3 Å². The van der Waals surface area contributed by atoms with Crippen LogP contribution in [0.2, 0.25) is 0 Å². The van der Waals surface area contributed by atoms with E-state index in [1.165, 1.54) is 12.3 Å². The van der Waals surface area contributed by atoms with Gasteiger partial charge in [0, 0.05) is 6.20 Å². The van der Waals surface area contributed by atoms with Crippen LogP contribution in [0.3, 0.4) is 0 Å². The van der Waals surface area contributed by atoms with Crippen LogP contribution in [0.15, 0.2) is 17.1 Å². The first-order valence-corrected chi connectivity index (χ1v) is 7.75. The molecule has 11 nitrogen and oxygen atoms in total. The Morgan fingerprint density at radius 2 is 2.12 bits per heavy atom. The molecule has 1 unspecified atom stereocenters. The van der Waals surface area contributed by atoms with Crippen molar-refractivity contribution >= 4 is 17.9 Å². The van der Waals surface area contributed by atoms with Crippen molar-refractivity contribution in [1.82, 2.24) is 9.55 Å². The molecular formula is C14H15N3O8. The number of rotatable bonds is 5. The van der Waals surface area contributed by atoms with Crippen LogP contribution in [0.25, 0.3) is 0 Å². The number of hydrogen-bond donors (Lipinski definition) is 2. The van der Waals surface area contributed by atoms with Crippen LogP contribution in [-0.2, 0) is 23.7 Å². The summed E-state index contributed by atoms with van der Waals surface area (Å²) in [6.45, 7) is -0.109. The van der Waals surface area contributed by atoms with Crippen molar-refractivity contribution in [3.05, 3.63) is 22.7 Å². The summed E-state index contributed by atoms with van der Waals surface area (Å²) in [7, 11) is 0. The molecule has 25 heavy (non-hydrogen) atoms. The van der Waals surface area contributed by atoms with Crippen molar-refractivity contribution < 1.29 is 33.7 Å². The third-order valence-corrected chi connectivity index (χ3v) is 4.27. The molecule has 134 valence electrons. The molecule has 0 bridgehead atoms. The van der Waals surface area contributed by atoms with E-state index in [1.807, 2.05) is 0 Å². The van der Waals surface area contributed by atoms with E-state index in [0.717, 1.165) is 17.4 Å². The smallest absolute Gasteiger partial charge is 0.463 e. The molecule has 2 saturated heterocycles. The monoisotopic (exact) mass is 353 g/mol. The lowest BCUT2D eigenvalue weighted by Crippen LogP contribution is -2.34. The predicted octanol–water partition coefficient (Wildman–Crippen LogP) is -0.201. The van der Waals surface area contributed by atoms with Gasteiger partial charge in [0.25, 0.3) is 0 Å².